The third-order valence-corrected chi connectivity index (χ3v) is 3.03. The van der Waals surface area contributed by atoms with Crippen molar-refractivity contribution in [3.63, 3.8) is 0 Å². The Hall–Kier alpha value is -1.53. The molecule has 0 heterocycles. The van der Waals surface area contributed by atoms with E-state index in [1.165, 1.54) is 12.1 Å². The first-order valence-electron chi connectivity index (χ1n) is 5.92. The van der Waals surface area contributed by atoms with Gasteiger partial charge in [-0.05, 0) is 32.0 Å². The maximum atomic E-state index is 13.8. The van der Waals surface area contributed by atoms with Gasteiger partial charge in [0, 0.05) is 23.7 Å². The number of amides is 1. The first-order valence-corrected chi connectivity index (χ1v) is 6.32. The molecular formula is C13H18FN3OS. The second-order valence-electron chi connectivity index (χ2n) is 4.64. The van der Waals surface area contributed by atoms with Crippen molar-refractivity contribution in [2.24, 2.45) is 11.5 Å². The van der Waals surface area contributed by atoms with Crippen LogP contribution < -0.4 is 11.5 Å². The molecule has 0 aromatic heterocycles. The maximum absolute atomic E-state index is 13.8. The maximum Gasteiger partial charge on any atom is 0.231 e. The molecule has 0 saturated heterocycles. The van der Waals surface area contributed by atoms with Gasteiger partial charge >= 0.3 is 0 Å². The van der Waals surface area contributed by atoms with E-state index in [9.17, 15) is 9.18 Å². The Morgan fingerprint density at radius 1 is 1.42 bits per heavy atom. The van der Waals surface area contributed by atoms with E-state index in [4.69, 9.17) is 23.7 Å². The summed E-state index contributed by atoms with van der Waals surface area (Å²) in [5, 5.41) is 0. The second kappa shape index (κ2) is 6.58. The lowest BCUT2D eigenvalue weighted by atomic mass is 10.1. The van der Waals surface area contributed by atoms with Gasteiger partial charge in [0.1, 0.15) is 10.8 Å². The van der Waals surface area contributed by atoms with Gasteiger partial charge in [0.25, 0.3) is 0 Å². The summed E-state index contributed by atoms with van der Waals surface area (Å²) in [6.45, 7) is 4.19. The van der Waals surface area contributed by atoms with Crippen molar-refractivity contribution in [1.82, 2.24) is 4.90 Å². The third kappa shape index (κ3) is 4.57. The molecule has 0 saturated carbocycles. The summed E-state index contributed by atoms with van der Waals surface area (Å²) in [6, 6.07) is 4.54. The van der Waals surface area contributed by atoms with E-state index in [1.54, 1.807) is 11.0 Å². The Bertz CT molecular complexity index is 491. The average molecular weight is 283 g/mol. The fraction of sp³-hybridized carbons (Fsp3) is 0.385. The first-order chi connectivity index (χ1) is 8.81. The molecule has 1 rings (SSSR count). The number of halogens is 1. The molecule has 0 radical (unpaired) electrons. The molecule has 19 heavy (non-hydrogen) atoms. The number of thiocarbonyl (C=S) groups is 1. The van der Waals surface area contributed by atoms with Crippen molar-refractivity contribution in [2.45, 2.75) is 26.4 Å². The van der Waals surface area contributed by atoms with Crippen LogP contribution in [0.15, 0.2) is 18.2 Å². The molecule has 1 aromatic carbocycles. The van der Waals surface area contributed by atoms with Crippen LogP contribution in [0.5, 0.6) is 0 Å². The number of hydrogen-bond acceptors (Lipinski definition) is 3. The first kappa shape index (κ1) is 15.5. The zero-order valence-corrected chi connectivity index (χ0v) is 11.8. The molecule has 0 aliphatic carbocycles. The zero-order chi connectivity index (χ0) is 14.6. The summed E-state index contributed by atoms with van der Waals surface area (Å²) in [5.74, 6) is -0.797. The summed E-state index contributed by atoms with van der Waals surface area (Å²) in [4.78, 5) is 13.0. The van der Waals surface area contributed by atoms with Crippen LogP contribution in [0.4, 0.5) is 4.39 Å². The lowest BCUT2D eigenvalue weighted by molar-refractivity contribution is -0.119. The van der Waals surface area contributed by atoms with E-state index >= 15 is 0 Å². The monoisotopic (exact) mass is 283 g/mol. The SMILES string of the molecule is CC(C)N(CC(N)=O)Cc1cc(C(N)=S)ccc1F. The minimum atomic E-state index is -0.445. The van der Waals surface area contributed by atoms with Crippen molar-refractivity contribution in [2.75, 3.05) is 6.54 Å². The van der Waals surface area contributed by atoms with Crippen LogP contribution in [0, 0.1) is 5.82 Å². The summed E-state index contributed by atoms with van der Waals surface area (Å²) >= 11 is 4.87. The second-order valence-corrected chi connectivity index (χ2v) is 5.08. The number of nitrogens with two attached hydrogens (primary N) is 2. The minimum Gasteiger partial charge on any atom is -0.389 e. The lowest BCUT2D eigenvalue weighted by Gasteiger charge is -2.25. The van der Waals surface area contributed by atoms with Gasteiger partial charge in [0.15, 0.2) is 0 Å². The van der Waals surface area contributed by atoms with Gasteiger partial charge in [-0.25, -0.2) is 4.39 Å². The highest BCUT2D eigenvalue weighted by Crippen LogP contribution is 2.14. The molecule has 4 nitrogen and oxygen atoms in total. The van der Waals surface area contributed by atoms with Gasteiger partial charge < -0.3 is 11.5 Å². The molecular weight excluding hydrogens is 265 g/mol. The van der Waals surface area contributed by atoms with Crippen molar-refractivity contribution in [3.05, 3.63) is 35.1 Å². The van der Waals surface area contributed by atoms with Gasteiger partial charge in [-0.2, -0.15) is 0 Å². The summed E-state index contributed by atoms with van der Waals surface area (Å²) in [6.07, 6.45) is 0. The third-order valence-electron chi connectivity index (χ3n) is 2.79. The van der Waals surface area contributed by atoms with Gasteiger partial charge in [-0.3, -0.25) is 9.69 Å². The molecule has 4 N–H and O–H groups in total. The molecule has 104 valence electrons. The number of hydrogen-bond donors (Lipinski definition) is 2. The Labute approximate surface area is 117 Å². The molecule has 0 fully saturated rings. The fourth-order valence-electron chi connectivity index (χ4n) is 1.69. The molecule has 0 unspecified atom stereocenters. The van der Waals surface area contributed by atoms with Gasteiger partial charge in [0.05, 0.1) is 6.54 Å². The molecule has 1 aromatic rings. The number of carbonyl (C=O) groups excluding carboxylic acids is 1. The summed E-state index contributed by atoms with van der Waals surface area (Å²) in [5.41, 5.74) is 11.8. The van der Waals surface area contributed by atoms with Gasteiger partial charge in [0.2, 0.25) is 5.91 Å². The van der Waals surface area contributed by atoms with Crippen LogP contribution in [0.1, 0.15) is 25.0 Å². The number of primary amides is 1. The van der Waals surface area contributed by atoms with Crippen molar-refractivity contribution in [1.29, 1.82) is 0 Å². The predicted octanol–water partition coefficient (Wildman–Crippen LogP) is 1.16. The van der Waals surface area contributed by atoms with E-state index in [0.717, 1.165) is 0 Å². The van der Waals surface area contributed by atoms with Crippen LogP contribution >= 0.6 is 12.2 Å². The smallest absolute Gasteiger partial charge is 0.231 e. The fourth-order valence-corrected chi connectivity index (χ4v) is 1.82. The molecule has 0 spiro atoms. The molecule has 0 bridgehead atoms. The van der Waals surface area contributed by atoms with Crippen LogP contribution in [-0.4, -0.2) is 28.4 Å². The van der Waals surface area contributed by atoms with Gasteiger partial charge in [-0.15, -0.1) is 0 Å². The highest BCUT2D eigenvalue weighted by Gasteiger charge is 2.15. The normalized spacial score (nSPS) is 11.0. The molecule has 0 aliphatic rings. The molecule has 6 heteroatoms. The number of nitrogens with zero attached hydrogens (tertiary/aromatic N) is 1. The highest BCUT2D eigenvalue weighted by atomic mass is 32.1. The Balaban J connectivity index is 2.98. The van der Waals surface area contributed by atoms with E-state index < -0.39 is 5.91 Å². The van der Waals surface area contributed by atoms with Crippen LogP contribution in [0.3, 0.4) is 0 Å². The number of rotatable bonds is 6. The van der Waals surface area contributed by atoms with E-state index in [0.29, 0.717) is 11.1 Å². The Morgan fingerprint density at radius 2 is 2.05 bits per heavy atom. The zero-order valence-electron chi connectivity index (χ0n) is 11.0. The average Bonchev–Trinajstić information content (AvgIpc) is 2.29. The highest BCUT2D eigenvalue weighted by molar-refractivity contribution is 7.80. The lowest BCUT2D eigenvalue weighted by Crippen LogP contribution is -2.38. The van der Waals surface area contributed by atoms with Crippen LogP contribution in [-0.2, 0) is 11.3 Å². The summed E-state index contributed by atoms with van der Waals surface area (Å²) in [7, 11) is 0. The van der Waals surface area contributed by atoms with Crippen LogP contribution in [0.25, 0.3) is 0 Å². The van der Waals surface area contributed by atoms with Crippen molar-refractivity contribution < 1.29 is 9.18 Å². The molecule has 1 amide bonds. The predicted molar refractivity (Wildman–Crippen MR) is 77.0 cm³/mol. The van der Waals surface area contributed by atoms with E-state index in [1.807, 2.05) is 13.8 Å². The minimum absolute atomic E-state index is 0.0698. The molecule has 0 aliphatic heterocycles. The summed E-state index contributed by atoms with van der Waals surface area (Å²) < 4.78 is 13.8. The molecule has 0 atom stereocenters. The largest absolute Gasteiger partial charge is 0.389 e. The Morgan fingerprint density at radius 3 is 2.53 bits per heavy atom. The Kier molecular flexibility index (Phi) is 5.38. The number of carbonyl (C=O) groups is 1. The van der Waals surface area contributed by atoms with Crippen LogP contribution in [0.2, 0.25) is 0 Å². The quantitative estimate of drug-likeness (QED) is 0.768. The van der Waals surface area contributed by atoms with E-state index in [2.05, 4.69) is 0 Å². The number of benzene rings is 1. The van der Waals surface area contributed by atoms with Crippen molar-refractivity contribution >= 4 is 23.1 Å². The standard InChI is InChI=1S/C13H18FN3OS/c1-8(2)17(7-12(15)18)6-10-5-9(13(16)19)3-4-11(10)14/h3-5,8H,6-7H2,1-2H3,(H2,15,18)(H2,16,19). The van der Waals surface area contributed by atoms with Crippen molar-refractivity contribution in [3.8, 4) is 0 Å². The van der Waals surface area contributed by atoms with Gasteiger partial charge in [-0.1, -0.05) is 12.2 Å². The van der Waals surface area contributed by atoms with E-state index in [-0.39, 0.29) is 29.9 Å². The topological polar surface area (TPSA) is 72.3 Å².